The number of fused-ring (bicyclic) bond motifs is 3. The molecule has 0 aliphatic heterocycles. The molecule has 2 saturated carbocycles. The van der Waals surface area contributed by atoms with Crippen molar-refractivity contribution in [2.45, 2.75) is 110 Å². The first-order chi connectivity index (χ1) is 21.9. The summed E-state index contributed by atoms with van der Waals surface area (Å²) in [4.78, 5) is 3.18. The molecule has 2 fully saturated rings. The van der Waals surface area contributed by atoms with Crippen LogP contribution in [0.1, 0.15) is 105 Å². The van der Waals surface area contributed by atoms with Crippen LogP contribution in [0.5, 0.6) is 0 Å². The van der Waals surface area contributed by atoms with E-state index in [1.807, 2.05) is 5.30 Å². The largest absolute Gasteiger partial charge is 0.145 e. The van der Waals surface area contributed by atoms with Crippen LogP contribution in [0, 0.1) is 20.8 Å². The van der Waals surface area contributed by atoms with Crippen LogP contribution in [0.2, 0.25) is 0 Å². The van der Waals surface area contributed by atoms with Crippen molar-refractivity contribution in [1.82, 2.24) is 0 Å². The second kappa shape index (κ2) is 14.7. The van der Waals surface area contributed by atoms with E-state index in [0.29, 0.717) is 0 Å². The van der Waals surface area contributed by atoms with Gasteiger partial charge >= 0.3 is 0 Å². The van der Waals surface area contributed by atoms with Crippen LogP contribution in [0.15, 0.2) is 72.8 Å². The van der Waals surface area contributed by atoms with Crippen LogP contribution < -0.4 is 5.30 Å². The maximum absolute atomic E-state index is 2.44. The highest BCUT2D eigenvalue weighted by atomic mass is 32.1. The second-order valence-electron chi connectivity index (χ2n) is 13.6. The van der Waals surface area contributed by atoms with Gasteiger partial charge in [0.25, 0.3) is 0 Å². The molecule has 45 heavy (non-hydrogen) atoms. The number of hydrogen-bond donors (Lipinski definition) is 0. The quantitative estimate of drug-likeness (QED) is 0.166. The first-order valence-corrected chi connectivity index (χ1v) is 21.5. The average Bonchev–Trinajstić information content (AvgIpc) is 3.54. The van der Waals surface area contributed by atoms with Gasteiger partial charge in [0.2, 0.25) is 0 Å². The van der Waals surface area contributed by atoms with Gasteiger partial charge in [0, 0.05) is 20.0 Å². The minimum atomic E-state index is -0.0967. The zero-order valence-corrected chi connectivity index (χ0v) is 31.1. The van der Waals surface area contributed by atoms with Crippen molar-refractivity contribution in [1.29, 1.82) is 0 Å². The maximum Gasteiger partial charge on any atom is 0.0100 e. The second-order valence-corrected chi connectivity index (χ2v) is 19.8. The summed E-state index contributed by atoms with van der Waals surface area (Å²) in [6, 6.07) is 26.5. The molecule has 3 aromatic carbocycles. The van der Waals surface area contributed by atoms with Crippen molar-refractivity contribution in [3.8, 4) is 0 Å². The lowest BCUT2D eigenvalue weighted by molar-refractivity contribution is 0.487. The number of allylic oxidation sites excluding steroid dienone is 2. The normalized spacial score (nSPS) is 17.0. The number of aryl methyl sites for hydroxylation is 4. The van der Waals surface area contributed by atoms with Gasteiger partial charge in [0.05, 0.1) is 0 Å². The molecule has 0 amide bonds. The van der Waals surface area contributed by atoms with Gasteiger partial charge in [-0.15, -0.1) is 18.9 Å². The van der Waals surface area contributed by atoms with Gasteiger partial charge in [0.15, 0.2) is 0 Å². The molecular weight excluding hydrogens is 598 g/mol. The molecule has 0 saturated heterocycles. The Labute approximate surface area is 279 Å². The van der Waals surface area contributed by atoms with E-state index in [1.54, 1.807) is 15.3 Å². The van der Waals surface area contributed by atoms with E-state index in [9.17, 15) is 0 Å². The Bertz CT molecular complexity index is 1720. The summed E-state index contributed by atoms with van der Waals surface area (Å²) in [5.74, 6) is 0. The lowest BCUT2D eigenvalue weighted by Crippen LogP contribution is -2.28. The predicted molar refractivity (Wildman–Crippen MR) is 209 cm³/mol. The molecule has 2 heterocycles. The summed E-state index contributed by atoms with van der Waals surface area (Å²) in [7, 11) is -0.167. The highest BCUT2D eigenvalue weighted by Crippen LogP contribution is 2.57. The van der Waals surface area contributed by atoms with E-state index >= 15 is 0 Å². The Morgan fingerprint density at radius 1 is 0.622 bits per heavy atom. The molecule has 0 bridgehead atoms. The molecule has 0 atom stereocenters. The molecule has 2 aromatic heterocycles. The van der Waals surface area contributed by atoms with Gasteiger partial charge in [0.1, 0.15) is 0 Å². The van der Waals surface area contributed by atoms with Crippen molar-refractivity contribution in [3.63, 3.8) is 0 Å². The fourth-order valence-electron chi connectivity index (χ4n) is 8.31. The Kier molecular flexibility index (Phi) is 10.7. The fourth-order valence-corrected chi connectivity index (χ4v) is 16.0. The molecule has 0 radical (unpaired) electrons. The van der Waals surface area contributed by atoms with E-state index in [1.165, 1.54) is 107 Å². The van der Waals surface area contributed by atoms with Crippen molar-refractivity contribution in [2.24, 2.45) is 6.66 Å². The molecular formula is C42H52P2S. The van der Waals surface area contributed by atoms with Crippen LogP contribution >= 0.6 is 26.8 Å². The van der Waals surface area contributed by atoms with E-state index in [4.69, 9.17) is 0 Å². The smallest absolute Gasteiger partial charge is 0.0100 e. The summed E-state index contributed by atoms with van der Waals surface area (Å²) in [5, 5.41) is 7.77. The summed E-state index contributed by atoms with van der Waals surface area (Å²) < 4.78 is 0. The molecule has 2 aliphatic rings. The van der Waals surface area contributed by atoms with E-state index in [2.05, 4.69) is 125 Å². The first kappa shape index (κ1) is 32.8. The number of thiophene rings is 1. The van der Waals surface area contributed by atoms with E-state index in [0.717, 1.165) is 11.3 Å². The SMILES string of the molecule is CC(=C(C)c1c(C)sc(C)c1P(C1CCCCC1)C1CCCCC1)c1ccccc1C.Cp1c2ccccc2c2ccccc21. The molecule has 0 spiro atoms. The molecule has 7 rings (SSSR count). The zero-order valence-electron chi connectivity index (χ0n) is 28.5. The third-order valence-corrected chi connectivity index (χ3v) is 17.8. The summed E-state index contributed by atoms with van der Waals surface area (Å²) in [6.45, 7) is 14.2. The summed E-state index contributed by atoms with van der Waals surface area (Å²) in [5.41, 5.74) is 9.40. The van der Waals surface area contributed by atoms with Crippen molar-refractivity contribution >= 4 is 64.3 Å². The Morgan fingerprint density at radius 2 is 1.11 bits per heavy atom. The van der Waals surface area contributed by atoms with E-state index in [-0.39, 0.29) is 15.5 Å². The van der Waals surface area contributed by atoms with Crippen molar-refractivity contribution in [3.05, 3.63) is 99.2 Å². The highest BCUT2D eigenvalue weighted by Gasteiger charge is 2.36. The molecule has 5 aromatic rings. The molecule has 0 nitrogen and oxygen atoms in total. The number of rotatable bonds is 5. The Hall–Kier alpha value is -2.17. The van der Waals surface area contributed by atoms with Crippen molar-refractivity contribution < 1.29 is 0 Å². The van der Waals surface area contributed by atoms with Gasteiger partial charge in [-0.25, -0.2) is 0 Å². The van der Waals surface area contributed by atoms with Crippen LogP contribution in [0.4, 0.5) is 0 Å². The van der Waals surface area contributed by atoms with Crippen molar-refractivity contribution in [2.75, 3.05) is 0 Å². The monoisotopic (exact) mass is 650 g/mol. The maximum atomic E-state index is 2.44. The van der Waals surface area contributed by atoms with Crippen LogP contribution in [0.25, 0.3) is 32.2 Å². The van der Waals surface area contributed by atoms with Gasteiger partial charge in [-0.3, -0.25) is 0 Å². The topological polar surface area (TPSA) is 0 Å². The Balaban J connectivity index is 0.000000210. The minimum absolute atomic E-state index is 0.0704. The van der Waals surface area contributed by atoms with Crippen LogP contribution in [0.3, 0.4) is 0 Å². The fraction of sp³-hybridized carbons (Fsp3) is 0.429. The lowest BCUT2D eigenvalue weighted by atomic mass is 9.94. The van der Waals surface area contributed by atoms with Gasteiger partial charge in [-0.1, -0.05) is 119 Å². The highest BCUT2D eigenvalue weighted by molar-refractivity contribution is 7.67. The summed E-state index contributed by atoms with van der Waals surface area (Å²) in [6.07, 6.45) is 14.7. The lowest BCUT2D eigenvalue weighted by Gasteiger charge is -2.39. The van der Waals surface area contributed by atoms with Crippen LogP contribution in [-0.4, -0.2) is 11.3 Å². The number of benzene rings is 3. The van der Waals surface area contributed by atoms with Gasteiger partial charge in [-0.05, 0) is 122 Å². The molecule has 2 aliphatic carbocycles. The average molecular weight is 651 g/mol. The first-order valence-electron chi connectivity index (χ1n) is 17.4. The molecule has 3 heteroatoms. The summed E-state index contributed by atoms with van der Waals surface area (Å²) >= 11 is 2.08. The van der Waals surface area contributed by atoms with E-state index < -0.39 is 0 Å². The third kappa shape index (κ3) is 6.79. The number of hydrogen-bond acceptors (Lipinski definition) is 1. The minimum Gasteiger partial charge on any atom is -0.145 e. The predicted octanol–water partition coefficient (Wildman–Crippen LogP) is 13.9. The third-order valence-electron chi connectivity index (χ3n) is 10.7. The van der Waals surface area contributed by atoms with Gasteiger partial charge in [-0.2, -0.15) is 0 Å². The molecule has 0 N–H and O–H groups in total. The van der Waals surface area contributed by atoms with Crippen LogP contribution in [-0.2, 0) is 6.66 Å². The standard InChI is InChI=1S/C29H41PS.C13H11P/c1-20-14-12-13-19-27(20)21(2)22(3)28-23(4)31-24(5)29(28)30(25-15-8-6-9-16-25)26-17-10-7-11-18-26;1-14-12-8-4-2-6-10(12)11-7-3-5-9-13(11)14/h12-14,19,25-26H,6-11,15-18H2,1-5H3;2-9H,1H3. The zero-order chi connectivity index (χ0) is 31.5. The molecule has 236 valence electrons. The Morgan fingerprint density at radius 3 is 1.64 bits per heavy atom. The molecule has 0 unspecified atom stereocenters. The van der Waals surface area contributed by atoms with Gasteiger partial charge < -0.3 is 0 Å².